The highest BCUT2D eigenvalue weighted by Crippen LogP contribution is 2.65. The van der Waals surface area contributed by atoms with Gasteiger partial charge < -0.3 is 33.2 Å². The van der Waals surface area contributed by atoms with Crippen LogP contribution in [0.3, 0.4) is 0 Å². The van der Waals surface area contributed by atoms with Crippen molar-refractivity contribution in [3.05, 3.63) is 92.6 Å². The molecule has 7 rings (SSSR count). The van der Waals surface area contributed by atoms with E-state index in [0.717, 1.165) is 41.5 Å². The smallest absolute Gasteiger partial charge is 0.342 e. The Morgan fingerprint density at radius 3 is 1.64 bits per heavy atom. The maximum absolute atomic E-state index is 15.2. The van der Waals surface area contributed by atoms with Crippen molar-refractivity contribution in [1.29, 1.82) is 0 Å². The summed E-state index contributed by atoms with van der Waals surface area (Å²) in [5.74, 6) is -10.1. The molecular formula is C42H34O16. The van der Waals surface area contributed by atoms with E-state index in [9.17, 15) is 38.4 Å². The first-order chi connectivity index (χ1) is 27.3. The highest BCUT2D eigenvalue weighted by atomic mass is 16.6. The molecule has 3 aromatic rings. The van der Waals surface area contributed by atoms with E-state index in [4.69, 9.17) is 33.2 Å². The molecule has 0 aromatic heterocycles. The average Bonchev–Trinajstić information content (AvgIpc) is 3.39. The Morgan fingerprint density at radius 1 is 0.603 bits per heavy atom. The molecule has 3 aromatic carbocycles. The van der Waals surface area contributed by atoms with Crippen molar-refractivity contribution in [2.75, 3.05) is 0 Å². The molecule has 0 saturated carbocycles. The molecule has 58 heavy (non-hydrogen) atoms. The van der Waals surface area contributed by atoms with E-state index in [-0.39, 0.29) is 57.2 Å². The molecule has 16 nitrogen and oxygen atoms in total. The molecule has 1 spiro atoms. The Hall–Kier alpha value is -6.97. The quantitative estimate of drug-likeness (QED) is 0.114. The Balaban J connectivity index is 1.58. The molecule has 0 saturated heterocycles. The number of allylic oxidation sites excluding steroid dienone is 1. The molecule has 1 heterocycles. The van der Waals surface area contributed by atoms with Crippen LogP contribution in [-0.4, -0.2) is 65.6 Å². The lowest BCUT2D eigenvalue weighted by Crippen LogP contribution is -2.54. The SMILES string of the molecule is CC(=O)Oc1cc(C)cc2c1C(=O)OC1C(OC(C)=O)C=CC3c4c(cc(OC(C)=O)c5c4C(=O)c4c(OC(C)=O)ccc(OC(C)=O)c4C5=O)CC31C2OC(C)=O. The van der Waals surface area contributed by atoms with Gasteiger partial charge in [0.15, 0.2) is 18.0 Å². The van der Waals surface area contributed by atoms with Crippen LogP contribution < -0.4 is 18.9 Å². The van der Waals surface area contributed by atoms with Crippen molar-refractivity contribution < 1.29 is 76.3 Å². The summed E-state index contributed by atoms with van der Waals surface area (Å²) in [4.78, 5) is 119. The number of aryl methyl sites for hydroxylation is 1. The summed E-state index contributed by atoms with van der Waals surface area (Å²) in [5.41, 5.74) is -2.51. The van der Waals surface area contributed by atoms with Gasteiger partial charge >= 0.3 is 41.8 Å². The minimum absolute atomic E-state index is 0.0682. The second-order valence-corrected chi connectivity index (χ2v) is 14.3. The van der Waals surface area contributed by atoms with E-state index in [2.05, 4.69) is 0 Å². The first kappa shape index (κ1) is 39.3. The van der Waals surface area contributed by atoms with E-state index >= 15 is 4.79 Å². The number of fused-ring (bicyclic) bond motifs is 6. The zero-order valence-electron chi connectivity index (χ0n) is 32.1. The Labute approximate surface area is 329 Å². The molecular weight excluding hydrogens is 760 g/mol. The summed E-state index contributed by atoms with van der Waals surface area (Å²) in [6, 6.07) is 6.72. The number of ketones is 2. The zero-order valence-corrected chi connectivity index (χ0v) is 32.1. The largest absolute Gasteiger partial charge is 0.457 e. The van der Waals surface area contributed by atoms with Gasteiger partial charge in [0.1, 0.15) is 34.7 Å². The predicted molar refractivity (Wildman–Crippen MR) is 193 cm³/mol. The number of carbonyl (C=O) groups excluding carboxylic acids is 9. The van der Waals surface area contributed by atoms with Gasteiger partial charge in [-0.1, -0.05) is 12.1 Å². The van der Waals surface area contributed by atoms with Crippen molar-refractivity contribution in [2.45, 2.75) is 79.1 Å². The van der Waals surface area contributed by atoms with Crippen LogP contribution in [0.25, 0.3) is 0 Å². The van der Waals surface area contributed by atoms with Crippen LogP contribution in [0.5, 0.6) is 23.0 Å². The van der Waals surface area contributed by atoms with Crippen LogP contribution in [0, 0.1) is 12.3 Å². The van der Waals surface area contributed by atoms with Gasteiger partial charge in [0.2, 0.25) is 5.78 Å². The number of carbonyl (C=O) groups is 9. The second-order valence-electron chi connectivity index (χ2n) is 14.3. The topological polar surface area (TPSA) is 218 Å². The third kappa shape index (κ3) is 6.30. The van der Waals surface area contributed by atoms with E-state index in [1.165, 1.54) is 30.3 Å². The Bertz CT molecular complexity index is 2490. The maximum atomic E-state index is 15.2. The number of hydrogen-bond acceptors (Lipinski definition) is 16. The highest BCUT2D eigenvalue weighted by Gasteiger charge is 2.66. The second kappa shape index (κ2) is 14.2. The number of rotatable bonds is 6. The molecule has 0 radical (unpaired) electrons. The van der Waals surface area contributed by atoms with Crippen molar-refractivity contribution in [3.63, 3.8) is 0 Å². The number of ether oxygens (including phenoxy) is 7. The summed E-state index contributed by atoms with van der Waals surface area (Å²) in [7, 11) is 0. The maximum Gasteiger partial charge on any atom is 0.342 e. The van der Waals surface area contributed by atoms with Crippen LogP contribution in [0.1, 0.15) is 118 Å². The van der Waals surface area contributed by atoms with Gasteiger partial charge in [-0.05, 0) is 60.4 Å². The highest BCUT2D eigenvalue weighted by molar-refractivity contribution is 6.32. The number of benzene rings is 3. The fourth-order valence-corrected chi connectivity index (χ4v) is 8.68. The lowest BCUT2D eigenvalue weighted by molar-refractivity contribution is -0.178. The number of esters is 7. The van der Waals surface area contributed by atoms with E-state index in [0.29, 0.717) is 5.56 Å². The van der Waals surface area contributed by atoms with E-state index in [1.807, 2.05) is 0 Å². The lowest BCUT2D eigenvalue weighted by Gasteiger charge is -2.48. The van der Waals surface area contributed by atoms with Crippen LogP contribution >= 0.6 is 0 Å². The van der Waals surface area contributed by atoms with Crippen molar-refractivity contribution in [3.8, 4) is 23.0 Å². The molecule has 0 N–H and O–H groups in total. The van der Waals surface area contributed by atoms with Crippen molar-refractivity contribution in [2.24, 2.45) is 5.41 Å². The molecule has 0 bridgehead atoms. The third-order valence-corrected chi connectivity index (χ3v) is 10.2. The van der Waals surface area contributed by atoms with E-state index < -0.39 is 99.7 Å². The molecule has 5 atom stereocenters. The molecule has 0 amide bonds. The van der Waals surface area contributed by atoms with Crippen LogP contribution in [0.2, 0.25) is 0 Å². The van der Waals surface area contributed by atoms with E-state index in [1.54, 1.807) is 19.1 Å². The van der Waals surface area contributed by atoms with Gasteiger partial charge in [0.25, 0.3) is 0 Å². The lowest BCUT2D eigenvalue weighted by atomic mass is 9.61. The summed E-state index contributed by atoms with van der Waals surface area (Å²) < 4.78 is 39.9. The average molecular weight is 795 g/mol. The molecule has 16 heteroatoms. The normalized spacial score (nSPS) is 21.9. The minimum atomic E-state index is -1.68. The fraction of sp³-hybridized carbons (Fsp3) is 0.310. The Morgan fingerprint density at radius 2 is 1.10 bits per heavy atom. The fourth-order valence-electron chi connectivity index (χ4n) is 8.68. The molecule has 0 fully saturated rings. The molecule has 5 unspecified atom stereocenters. The number of hydrogen-bond donors (Lipinski definition) is 0. The summed E-state index contributed by atoms with van der Waals surface area (Å²) in [5, 5.41) is 0. The molecule has 1 aliphatic heterocycles. The molecule has 298 valence electrons. The minimum Gasteiger partial charge on any atom is -0.457 e. The predicted octanol–water partition coefficient (Wildman–Crippen LogP) is 4.44. The van der Waals surface area contributed by atoms with Crippen LogP contribution in [0.15, 0.2) is 42.5 Å². The molecule has 4 aliphatic rings. The van der Waals surface area contributed by atoms with Gasteiger partial charge in [0, 0.05) is 58.6 Å². The van der Waals surface area contributed by atoms with Crippen LogP contribution in [-0.2, 0) is 49.4 Å². The van der Waals surface area contributed by atoms with Gasteiger partial charge in [-0.3, -0.25) is 38.4 Å². The van der Waals surface area contributed by atoms with Crippen molar-refractivity contribution >= 4 is 53.4 Å². The van der Waals surface area contributed by atoms with Gasteiger partial charge in [-0.2, -0.15) is 0 Å². The standard InChI is InChI=1S/C42H34O16/c1-16-12-24-32(29(13-16)55-20(5)46)41(51)58-40-28(54-19(4)45)9-8-25-31-23(15-42(25,40)39(24)57-22(7)48)14-30(56-21(6)47)35-36(31)38(50)34-27(53-18(3)44)11-10-26(52-17(2)43)33(34)37(35)49/h8-14,25,28,39-40H,15H2,1-7H3. The first-order valence-corrected chi connectivity index (χ1v) is 17.9. The molecule has 3 aliphatic carbocycles. The summed E-state index contributed by atoms with van der Waals surface area (Å²) >= 11 is 0. The monoisotopic (exact) mass is 794 g/mol. The summed E-state index contributed by atoms with van der Waals surface area (Å²) in [6.45, 7) is 8.30. The van der Waals surface area contributed by atoms with Gasteiger partial charge in [0.05, 0.1) is 22.1 Å². The Kier molecular flexibility index (Phi) is 9.61. The van der Waals surface area contributed by atoms with Gasteiger partial charge in [-0.25, -0.2) is 4.79 Å². The summed E-state index contributed by atoms with van der Waals surface area (Å²) in [6.07, 6.45) is -1.45. The van der Waals surface area contributed by atoms with Gasteiger partial charge in [-0.15, -0.1) is 0 Å². The van der Waals surface area contributed by atoms with Crippen molar-refractivity contribution in [1.82, 2.24) is 0 Å². The zero-order chi connectivity index (χ0) is 42.1. The third-order valence-electron chi connectivity index (χ3n) is 10.2. The first-order valence-electron chi connectivity index (χ1n) is 17.9. The van der Waals surface area contributed by atoms with Crippen LogP contribution in [0.4, 0.5) is 0 Å².